The summed E-state index contributed by atoms with van der Waals surface area (Å²) in [4.78, 5) is 16.0. The minimum atomic E-state index is 0.259. The molecule has 15 heavy (non-hydrogen) atoms. The quantitative estimate of drug-likeness (QED) is 0.686. The molecule has 4 heteroatoms. The van der Waals surface area contributed by atoms with Crippen LogP contribution in [0.3, 0.4) is 0 Å². The Kier molecular flexibility index (Phi) is 5.05. The molecule has 0 saturated carbocycles. The molecule has 4 nitrogen and oxygen atoms in total. The summed E-state index contributed by atoms with van der Waals surface area (Å²) in [7, 11) is 1.67. The van der Waals surface area contributed by atoms with Gasteiger partial charge in [-0.2, -0.15) is 0 Å². The molecular weight excluding hydrogens is 192 g/mol. The molecule has 0 N–H and O–H groups in total. The Balaban J connectivity index is 2.44. The van der Waals surface area contributed by atoms with Crippen molar-refractivity contribution in [2.75, 3.05) is 39.9 Å². The van der Waals surface area contributed by atoms with Gasteiger partial charge in [0, 0.05) is 45.8 Å². The van der Waals surface area contributed by atoms with Crippen LogP contribution in [0, 0.1) is 0 Å². The smallest absolute Gasteiger partial charge is 0.223 e. The zero-order valence-corrected chi connectivity index (χ0v) is 10.0. The number of methoxy groups -OCH3 is 1. The summed E-state index contributed by atoms with van der Waals surface area (Å²) in [6, 6.07) is 0.528. The number of nitrogens with zero attached hydrogens (tertiary/aromatic N) is 2. The maximum atomic E-state index is 11.7. The van der Waals surface area contributed by atoms with E-state index in [0.29, 0.717) is 19.1 Å². The van der Waals surface area contributed by atoms with E-state index in [2.05, 4.69) is 18.7 Å². The molecule has 1 heterocycles. The summed E-state index contributed by atoms with van der Waals surface area (Å²) in [5.74, 6) is 0.259. The molecule has 0 aromatic rings. The van der Waals surface area contributed by atoms with Crippen molar-refractivity contribution in [3.8, 4) is 0 Å². The van der Waals surface area contributed by atoms with Gasteiger partial charge < -0.3 is 9.64 Å². The van der Waals surface area contributed by atoms with E-state index in [1.165, 1.54) is 0 Å². The van der Waals surface area contributed by atoms with Gasteiger partial charge >= 0.3 is 0 Å². The van der Waals surface area contributed by atoms with Gasteiger partial charge in [-0.05, 0) is 13.8 Å². The SMILES string of the molecule is COCCN1CCN(C(C)C)CCC1=O. The molecule has 0 atom stereocenters. The Hall–Kier alpha value is -0.610. The monoisotopic (exact) mass is 214 g/mol. The molecule has 0 radical (unpaired) electrons. The lowest BCUT2D eigenvalue weighted by Gasteiger charge is -2.24. The first-order valence-electron chi connectivity index (χ1n) is 5.66. The van der Waals surface area contributed by atoms with E-state index in [-0.39, 0.29) is 5.91 Å². The zero-order valence-electron chi connectivity index (χ0n) is 10.0. The molecule has 0 unspecified atom stereocenters. The minimum Gasteiger partial charge on any atom is -0.383 e. The predicted molar refractivity (Wildman–Crippen MR) is 59.8 cm³/mol. The van der Waals surface area contributed by atoms with Crippen LogP contribution >= 0.6 is 0 Å². The van der Waals surface area contributed by atoms with E-state index >= 15 is 0 Å². The van der Waals surface area contributed by atoms with Crippen molar-refractivity contribution in [1.29, 1.82) is 0 Å². The van der Waals surface area contributed by atoms with Crippen LogP contribution in [0.25, 0.3) is 0 Å². The second-order valence-electron chi connectivity index (χ2n) is 4.25. The second kappa shape index (κ2) is 6.08. The molecule has 1 saturated heterocycles. The Labute approximate surface area is 92.2 Å². The van der Waals surface area contributed by atoms with Crippen LogP contribution in [0.1, 0.15) is 20.3 Å². The number of hydrogen-bond donors (Lipinski definition) is 0. The number of ether oxygens (including phenoxy) is 1. The van der Waals surface area contributed by atoms with E-state index < -0.39 is 0 Å². The average Bonchev–Trinajstić information content (AvgIpc) is 2.38. The van der Waals surface area contributed by atoms with E-state index in [9.17, 15) is 4.79 Å². The maximum Gasteiger partial charge on any atom is 0.223 e. The number of hydrogen-bond acceptors (Lipinski definition) is 3. The second-order valence-corrected chi connectivity index (χ2v) is 4.25. The number of carbonyl (C=O) groups excluding carboxylic acids is 1. The molecule has 0 aromatic heterocycles. The van der Waals surface area contributed by atoms with Crippen LogP contribution in [0.2, 0.25) is 0 Å². The van der Waals surface area contributed by atoms with Crippen molar-refractivity contribution >= 4 is 5.91 Å². The molecule has 0 aliphatic carbocycles. The molecule has 88 valence electrons. The van der Waals surface area contributed by atoms with Gasteiger partial charge in [0.05, 0.1) is 6.61 Å². The van der Waals surface area contributed by atoms with E-state index in [1.54, 1.807) is 7.11 Å². The first-order chi connectivity index (χ1) is 7.15. The Morgan fingerprint density at radius 3 is 2.67 bits per heavy atom. The lowest BCUT2D eigenvalue weighted by Crippen LogP contribution is -2.37. The van der Waals surface area contributed by atoms with Gasteiger partial charge in [-0.1, -0.05) is 0 Å². The third kappa shape index (κ3) is 3.80. The molecule has 1 aliphatic heterocycles. The van der Waals surface area contributed by atoms with E-state index in [0.717, 1.165) is 26.2 Å². The van der Waals surface area contributed by atoms with Crippen LogP contribution in [0.5, 0.6) is 0 Å². The van der Waals surface area contributed by atoms with Gasteiger partial charge in [0.1, 0.15) is 0 Å². The topological polar surface area (TPSA) is 32.8 Å². The molecule has 1 aliphatic rings. The molecular formula is C11H22N2O2. The van der Waals surface area contributed by atoms with Gasteiger partial charge in [0.15, 0.2) is 0 Å². The fourth-order valence-corrected chi connectivity index (χ4v) is 1.84. The van der Waals surface area contributed by atoms with Crippen molar-refractivity contribution in [2.45, 2.75) is 26.3 Å². The Bertz CT molecular complexity index is 207. The lowest BCUT2D eigenvalue weighted by molar-refractivity contribution is -0.130. The van der Waals surface area contributed by atoms with Crippen molar-refractivity contribution in [1.82, 2.24) is 9.80 Å². The van der Waals surface area contributed by atoms with Gasteiger partial charge in [-0.3, -0.25) is 9.69 Å². The maximum absolute atomic E-state index is 11.7. The first kappa shape index (κ1) is 12.5. The lowest BCUT2D eigenvalue weighted by atomic mass is 10.3. The van der Waals surface area contributed by atoms with Crippen LogP contribution in [0.15, 0.2) is 0 Å². The van der Waals surface area contributed by atoms with Crippen LogP contribution in [-0.4, -0.2) is 61.6 Å². The summed E-state index contributed by atoms with van der Waals surface area (Å²) < 4.78 is 5.00. The van der Waals surface area contributed by atoms with E-state index in [4.69, 9.17) is 4.74 Å². The van der Waals surface area contributed by atoms with Crippen LogP contribution in [-0.2, 0) is 9.53 Å². The average molecular weight is 214 g/mol. The van der Waals surface area contributed by atoms with Gasteiger partial charge in [-0.15, -0.1) is 0 Å². The summed E-state index contributed by atoms with van der Waals surface area (Å²) in [6.45, 7) is 8.41. The molecule has 0 bridgehead atoms. The highest BCUT2D eigenvalue weighted by Gasteiger charge is 2.21. The zero-order chi connectivity index (χ0) is 11.3. The van der Waals surface area contributed by atoms with Crippen molar-refractivity contribution in [3.05, 3.63) is 0 Å². The molecule has 0 aromatic carbocycles. The third-order valence-electron chi connectivity index (χ3n) is 2.92. The van der Waals surface area contributed by atoms with Gasteiger partial charge in [0.25, 0.3) is 0 Å². The standard InChI is InChI=1S/C11H22N2O2/c1-10(2)12-5-4-11(14)13(7-6-12)8-9-15-3/h10H,4-9H2,1-3H3. The van der Waals surface area contributed by atoms with Crippen molar-refractivity contribution in [3.63, 3.8) is 0 Å². The first-order valence-corrected chi connectivity index (χ1v) is 5.66. The van der Waals surface area contributed by atoms with Gasteiger partial charge in [-0.25, -0.2) is 0 Å². The normalized spacial score (nSPS) is 19.7. The number of carbonyl (C=O) groups is 1. The van der Waals surface area contributed by atoms with Crippen molar-refractivity contribution < 1.29 is 9.53 Å². The third-order valence-corrected chi connectivity index (χ3v) is 2.92. The molecule has 0 spiro atoms. The Morgan fingerprint density at radius 1 is 1.33 bits per heavy atom. The highest BCUT2D eigenvalue weighted by Crippen LogP contribution is 2.07. The Morgan fingerprint density at radius 2 is 2.07 bits per heavy atom. The largest absolute Gasteiger partial charge is 0.383 e. The fourth-order valence-electron chi connectivity index (χ4n) is 1.84. The molecule has 1 rings (SSSR count). The fraction of sp³-hybridized carbons (Fsp3) is 0.909. The van der Waals surface area contributed by atoms with Crippen LogP contribution in [0.4, 0.5) is 0 Å². The molecule has 1 amide bonds. The summed E-state index contributed by atoms with van der Waals surface area (Å²) in [5.41, 5.74) is 0. The van der Waals surface area contributed by atoms with E-state index in [1.807, 2.05) is 4.90 Å². The van der Waals surface area contributed by atoms with Gasteiger partial charge in [0.2, 0.25) is 5.91 Å². The predicted octanol–water partition coefficient (Wildman–Crippen LogP) is 0.575. The summed E-state index contributed by atoms with van der Waals surface area (Å²) >= 11 is 0. The molecule has 1 fully saturated rings. The van der Waals surface area contributed by atoms with Crippen LogP contribution < -0.4 is 0 Å². The highest BCUT2D eigenvalue weighted by molar-refractivity contribution is 5.76. The van der Waals surface area contributed by atoms with Crippen molar-refractivity contribution in [2.24, 2.45) is 0 Å². The summed E-state index contributed by atoms with van der Waals surface area (Å²) in [6.07, 6.45) is 0.641. The highest BCUT2D eigenvalue weighted by atomic mass is 16.5. The summed E-state index contributed by atoms with van der Waals surface area (Å²) in [5, 5.41) is 0. The minimum absolute atomic E-state index is 0.259. The number of rotatable bonds is 4. The number of amides is 1.